The number of carbonyl (C=O) groups is 1. The zero-order chi connectivity index (χ0) is 13.9. The Bertz CT molecular complexity index is 607. The van der Waals surface area contributed by atoms with Gasteiger partial charge in [0.1, 0.15) is 0 Å². The van der Waals surface area contributed by atoms with Crippen LogP contribution in [0.3, 0.4) is 0 Å². The molecule has 5 nitrogen and oxygen atoms in total. The SMILES string of the molecule is CCN(C(=O)c1n[nH]c2c1COCC2)c1ccccc1. The molecule has 5 heteroatoms. The number of nitrogens with zero attached hydrogens (tertiary/aromatic N) is 2. The fourth-order valence-corrected chi connectivity index (χ4v) is 2.47. The molecular weight excluding hydrogens is 254 g/mol. The van der Waals surface area contributed by atoms with Gasteiger partial charge in [-0.15, -0.1) is 0 Å². The summed E-state index contributed by atoms with van der Waals surface area (Å²) in [7, 11) is 0. The molecule has 104 valence electrons. The number of ether oxygens (including phenoxy) is 1. The van der Waals surface area contributed by atoms with Crippen LogP contribution in [0.4, 0.5) is 5.69 Å². The van der Waals surface area contributed by atoms with Gasteiger partial charge in [-0.05, 0) is 19.1 Å². The van der Waals surface area contributed by atoms with Crippen molar-refractivity contribution in [2.24, 2.45) is 0 Å². The van der Waals surface area contributed by atoms with Crippen molar-refractivity contribution in [1.82, 2.24) is 10.2 Å². The monoisotopic (exact) mass is 271 g/mol. The summed E-state index contributed by atoms with van der Waals surface area (Å²) < 4.78 is 5.43. The standard InChI is InChI=1S/C15H17N3O2/c1-2-18(11-6-4-3-5-7-11)15(19)14-12-10-20-9-8-13(12)16-17-14/h3-7H,2,8-10H2,1H3,(H,16,17). The van der Waals surface area contributed by atoms with E-state index < -0.39 is 0 Å². The van der Waals surface area contributed by atoms with Gasteiger partial charge in [-0.2, -0.15) is 5.10 Å². The lowest BCUT2D eigenvalue weighted by Gasteiger charge is -2.21. The minimum Gasteiger partial charge on any atom is -0.376 e. The van der Waals surface area contributed by atoms with E-state index in [-0.39, 0.29) is 5.91 Å². The molecule has 20 heavy (non-hydrogen) atoms. The predicted molar refractivity (Wildman–Crippen MR) is 75.7 cm³/mol. The molecule has 0 atom stereocenters. The summed E-state index contributed by atoms with van der Waals surface area (Å²) in [5, 5.41) is 7.16. The zero-order valence-electron chi connectivity index (χ0n) is 11.4. The number of aromatic amines is 1. The average molecular weight is 271 g/mol. The van der Waals surface area contributed by atoms with Gasteiger partial charge >= 0.3 is 0 Å². The fraction of sp³-hybridized carbons (Fsp3) is 0.333. The van der Waals surface area contributed by atoms with Crippen LogP contribution in [0.15, 0.2) is 30.3 Å². The molecule has 1 aromatic heterocycles. The highest BCUT2D eigenvalue weighted by molar-refractivity contribution is 6.05. The number of hydrogen-bond acceptors (Lipinski definition) is 3. The lowest BCUT2D eigenvalue weighted by atomic mass is 10.1. The summed E-state index contributed by atoms with van der Waals surface area (Å²) in [6, 6.07) is 9.64. The van der Waals surface area contributed by atoms with E-state index in [0.29, 0.717) is 25.5 Å². The Balaban J connectivity index is 1.93. The Kier molecular flexibility index (Phi) is 3.52. The molecule has 1 N–H and O–H groups in total. The summed E-state index contributed by atoms with van der Waals surface area (Å²) in [5.74, 6) is -0.0818. The van der Waals surface area contributed by atoms with E-state index in [2.05, 4.69) is 10.2 Å². The first-order valence-corrected chi connectivity index (χ1v) is 6.82. The lowest BCUT2D eigenvalue weighted by Crippen LogP contribution is -2.32. The predicted octanol–water partition coefficient (Wildman–Crippen LogP) is 2.15. The first-order valence-electron chi connectivity index (χ1n) is 6.82. The molecule has 1 aromatic carbocycles. The number of rotatable bonds is 3. The Morgan fingerprint density at radius 1 is 1.40 bits per heavy atom. The van der Waals surface area contributed by atoms with Crippen LogP contribution in [-0.2, 0) is 17.8 Å². The number of H-pyrrole nitrogens is 1. The number of hydrogen-bond donors (Lipinski definition) is 1. The molecule has 0 spiro atoms. The van der Waals surface area contributed by atoms with Gasteiger partial charge in [0.05, 0.1) is 13.2 Å². The van der Waals surface area contributed by atoms with Crippen LogP contribution < -0.4 is 4.90 Å². The Labute approximate surface area is 117 Å². The maximum absolute atomic E-state index is 12.7. The second-order valence-corrected chi connectivity index (χ2v) is 4.72. The molecule has 1 aliphatic rings. The Hall–Kier alpha value is -2.14. The van der Waals surface area contributed by atoms with Crippen molar-refractivity contribution >= 4 is 11.6 Å². The molecule has 0 aliphatic carbocycles. The molecule has 0 saturated heterocycles. The summed E-state index contributed by atoms with van der Waals surface area (Å²) in [4.78, 5) is 14.4. The molecule has 2 aromatic rings. The summed E-state index contributed by atoms with van der Waals surface area (Å²) in [5.41, 5.74) is 3.28. The van der Waals surface area contributed by atoms with Crippen LogP contribution in [0.1, 0.15) is 28.7 Å². The van der Waals surface area contributed by atoms with Gasteiger partial charge in [0.15, 0.2) is 5.69 Å². The van der Waals surface area contributed by atoms with Gasteiger partial charge in [-0.1, -0.05) is 18.2 Å². The van der Waals surface area contributed by atoms with Crippen molar-refractivity contribution in [1.29, 1.82) is 0 Å². The van der Waals surface area contributed by atoms with Crippen LogP contribution in [0.25, 0.3) is 0 Å². The number of para-hydroxylation sites is 1. The number of fused-ring (bicyclic) bond motifs is 1. The largest absolute Gasteiger partial charge is 0.376 e. The van der Waals surface area contributed by atoms with Crippen molar-refractivity contribution in [2.45, 2.75) is 20.0 Å². The van der Waals surface area contributed by atoms with Gasteiger partial charge in [-0.25, -0.2) is 0 Å². The van der Waals surface area contributed by atoms with Gasteiger partial charge in [0.2, 0.25) is 0 Å². The van der Waals surface area contributed by atoms with E-state index in [4.69, 9.17) is 4.74 Å². The number of nitrogens with one attached hydrogen (secondary N) is 1. The third-order valence-electron chi connectivity index (χ3n) is 3.53. The normalized spacial score (nSPS) is 13.8. The highest BCUT2D eigenvalue weighted by Crippen LogP contribution is 2.22. The van der Waals surface area contributed by atoms with Crippen LogP contribution in [-0.4, -0.2) is 29.3 Å². The quantitative estimate of drug-likeness (QED) is 0.930. The second kappa shape index (κ2) is 5.46. The number of anilines is 1. The van der Waals surface area contributed by atoms with Crippen LogP contribution in [0, 0.1) is 0 Å². The highest BCUT2D eigenvalue weighted by atomic mass is 16.5. The molecule has 0 bridgehead atoms. The molecule has 0 saturated carbocycles. The number of aromatic nitrogens is 2. The van der Waals surface area contributed by atoms with E-state index >= 15 is 0 Å². The van der Waals surface area contributed by atoms with Crippen molar-refractivity contribution in [3.63, 3.8) is 0 Å². The highest BCUT2D eigenvalue weighted by Gasteiger charge is 2.26. The van der Waals surface area contributed by atoms with Gasteiger partial charge in [0, 0.05) is 29.9 Å². The molecule has 0 fully saturated rings. The zero-order valence-corrected chi connectivity index (χ0v) is 11.4. The van der Waals surface area contributed by atoms with Crippen molar-refractivity contribution in [3.05, 3.63) is 47.3 Å². The maximum Gasteiger partial charge on any atom is 0.279 e. The molecule has 3 rings (SSSR count). The van der Waals surface area contributed by atoms with Crippen LogP contribution >= 0.6 is 0 Å². The van der Waals surface area contributed by atoms with E-state index in [1.807, 2.05) is 37.3 Å². The minimum atomic E-state index is -0.0818. The van der Waals surface area contributed by atoms with Crippen LogP contribution in [0.5, 0.6) is 0 Å². The fourth-order valence-electron chi connectivity index (χ4n) is 2.47. The Morgan fingerprint density at radius 3 is 2.95 bits per heavy atom. The minimum absolute atomic E-state index is 0.0818. The van der Waals surface area contributed by atoms with Gasteiger partial charge < -0.3 is 9.64 Å². The molecular formula is C15H17N3O2. The van der Waals surface area contributed by atoms with Gasteiger partial charge in [0.25, 0.3) is 5.91 Å². The van der Waals surface area contributed by atoms with E-state index in [1.165, 1.54) is 0 Å². The third-order valence-corrected chi connectivity index (χ3v) is 3.53. The smallest absolute Gasteiger partial charge is 0.279 e. The van der Waals surface area contributed by atoms with E-state index in [9.17, 15) is 4.79 Å². The topological polar surface area (TPSA) is 58.2 Å². The van der Waals surface area contributed by atoms with Gasteiger partial charge in [-0.3, -0.25) is 9.89 Å². The molecule has 1 aliphatic heterocycles. The molecule has 1 amide bonds. The first kappa shape index (κ1) is 12.9. The van der Waals surface area contributed by atoms with E-state index in [1.54, 1.807) is 4.90 Å². The number of amides is 1. The van der Waals surface area contributed by atoms with Crippen molar-refractivity contribution in [3.8, 4) is 0 Å². The average Bonchev–Trinajstić information content (AvgIpc) is 2.93. The number of benzene rings is 1. The molecule has 0 unspecified atom stereocenters. The van der Waals surface area contributed by atoms with Crippen LogP contribution in [0.2, 0.25) is 0 Å². The maximum atomic E-state index is 12.7. The third kappa shape index (κ3) is 2.20. The first-order chi connectivity index (χ1) is 9.81. The summed E-state index contributed by atoms with van der Waals surface area (Å²) in [6.45, 7) is 3.70. The molecule has 0 radical (unpaired) electrons. The van der Waals surface area contributed by atoms with E-state index in [0.717, 1.165) is 23.4 Å². The lowest BCUT2D eigenvalue weighted by molar-refractivity contribution is 0.0956. The number of carbonyl (C=O) groups excluding carboxylic acids is 1. The summed E-state index contributed by atoms with van der Waals surface area (Å²) >= 11 is 0. The van der Waals surface area contributed by atoms with Crippen molar-refractivity contribution in [2.75, 3.05) is 18.1 Å². The van der Waals surface area contributed by atoms with Crippen molar-refractivity contribution < 1.29 is 9.53 Å². The Morgan fingerprint density at radius 2 is 2.20 bits per heavy atom. The summed E-state index contributed by atoms with van der Waals surface area (Å²) in [6.07, 6.45) is 0.785. The second-order valence-electron chi connectivity index (χ2n) is 4.72. The molecule has 2 heterocycles.